The minimum absolute atomic E-state index is 0.0126. The summed E-state index contributed by atoms with van der Waals surface area (Å²) < 4.78 is 18.4. The number of carbonyl (C=O) groups excluding carboxylic acids is 2. The van der Waals surface area contributed by atoms with E-state index in [0.717, 1.165) is 11.8 Å². The Morgan fingerprint density at radius 1 is 1.27 bits per heavy atom. The van der Waals surface area contributed by atoms with Crippen LogP contribution in [0.5, 0.6) is 0 Å². The van der Waals surface area contributed by atoms with Gasteiger partial charge in [-0.25, -0.2) is 4.39 Å². The topological polar surface area (TPSA) is 88.3 Å². The number of aromatic nitrogens is 2. The molecule has 0 radical (unpaired) electrons. The van der Waals surface area contributed by atoms with Crippen LogP contribution < -0.4 is 5.32 Å². The van der Waals surface area contributed by atoms with Gasteiger partial charge in [-0.2, -0.15) is 0 Å². The Balaban J connectivity index is 1.90. The van der Waals surface area contributed by atoms with E-state index >= 15 is 0 Å². The maximum absolute atomic E-state index is 12.9. The van der Waals surface area contributed by atoms with Gasteiger partial charge in [0.25, 0.3) is 5.22 Å². The van der Waals surface area contributed by atoms with Crippen molar-refractivity contribution in [2.24, 2.45) is 0 Å². The standard InChI is InChI=1S/C17H21FN4O3S/c1-4-22(9-14(23)19-11(2)3)15(24)10-26-17-21-20-16(25-17)12-5-7-13(18)8-6-12/h5-8,11H,4,9-10H2,1-3H3,(H,19,23). The summed E-state index contributed by atoms with van der Waals surface area (Å²) in [5, 5.41) is 10.8. The zero-order chi connectivity index (χ0) is 19.1. The van der Waals surface area contributed by atoms with Crippen molar-refractivity contribution in [2.45, 2.75) is 32.0 Å². The van der Waals surface area contributed by atoms with Gasteiger partial charge in [-0.05, 0) is 45.0 Å². The zero-order valence-electron chi connectivity index (χ0n) is 14.9. The molecule has 140 valence electrons. The molecule has 1 N–H and O–H groups in total. The number of benzene rings is 1. The monoisotopic (exact) mass is 380 g/mol. The Labute approximate surface area is 155 Å². The molecule has 2 aromatic rings. The Morgan fingerprint density at radius 2 is 1.96 bits per heavy atom. The molecule has 2 rings (SSSR count). The summed E-state index contributed by atoms with van der Waals surface area (Å²) in [5.74, 6) is -0.416. The molecule has 0 fully saturated rings. The van der Waals surface area contributed by atoms with Crippen molar-refractivity contribution in [3.8, 4) is 11.5 Å². The van der Waals surface area contributed by atoms with E-state index in [-0.39, 0.29) is 47.1 Å². The van der Waals surface area contributed by atoms with Crippen LogP contribution in [-0.4, -0.2) is 51.8 Å². The average Bonchev–Trinajstić information content (AvgIpc) is 3.06. The third kappa shape index (κ3) is 5.83. The molecule has 7 nitrogen and oxygen atoms in total. The van der Waals surface area contributed by atoms with Gasteiger partial charge in [0.2, 0.25) is 17.7 Å². The highest BCUT2D eigenvalue weighted by molar-refractivity contribution is 7.99. The van der Waals surface area contributed by atoms with Gasteiger partial charge < -0.3 is 14.6 Å². The predicted octanol–water partition coefficient (Wildman–Crippen LogP) is 2.34. The van der Waals surface area contributed by atoms with Gasteiger partial charge in [0.05, 0.1) is 12.3 Å². The van der Waals surface area contributed by atoms with Crippen molar-refractivity contribution in [3.63, 3.8) is 0 Å². The quantitative estimate of drug-likeness (QED) is 0.707. The lowest BCUT2D eigenvalue weighted by Gasteiger charge is -2.20. The van der Waals surface area contributed by atoms with Crippen LogP contribution in [0.1, 0.15) is 20.8 Å². The highest BCUT2D eigenvalue weighted by atomic mass is 32.2. The lowest BCUT2D eigenvalue weighted by atomic mass is 10.2. The van der Waals surface area contributed by atoms with Crippen LogP contribution in [0.2, 0.25) is 0 Å². The number of halogens is 1. The summed E-state index contributed by atoms with van der Waals surface area (Å²) in [5.41, 5.74) is 0.595. The summed E-state index contributed by atoms with van der Waals surface area (Å²) in [6, 6.07) is 5.70. The molecular formula is C17H21FN4O3S. The fourth-order valence-electron chi connectivity index (χ4n) is 2.11. The van der Waals surface area contributed by atoms with Crippen LogP contribution in [0.15, 0.2) is 33.9 Å². The molecule has 1 aromatic carbocycles. The van der Waals surface area contributed by atoms with Gasteiger partial charge in [-0.1, -0.05) is 11.8 Å². The highest BCUT2D eigenvalue weighted by Crippen LogP contribution is 2.23. The molecule has 0 aliphatic carbocycles. The molecule has 0 saturated heterocycles. The Morgan fingerprint density at radius 3 is 2.58 bits per heavy atom. The number of rotatable bonds is 8. The molecule has 2 amide bonds. The summed E-state index contributed by atoms with van der Waals surface area (Å²) in [4.78, 5) is 25.5. The van der Waals surface area contributed by atoms with Crippen LogP contribution in [0, 0.1) is 5.82 Å². The Hall–Kier alpha value is -2.42. The molecule has 9 heteroatoms. The first-order valence-corrected chi connectivity index (χ1v) is 9.17. The number of nitrogens with one attached hydrogen (secondary N) is 1. The van der Waals surface area contributed by atoms with E-state index in [1.54, 1.807) is 0 Å². The number of amides is 2. The number of carbonyl (C=O) groups is 2. The first-order valence-electron chi connectivity index (χ1n) is 8.18. The molecule has 26 heavy (non-hydrogen) atoms. The second-order valence-electron chi connectivity index (χ2n) is 5.80. The van der Waals surface area contributed by atoms with Gasteiger partial charge >= 0.3 is 0 Å². The SMILES string of the molecule is CCN(CC(=O)NC(C)C)C(=O)CSc1nnc(-c2ccc(F)cc2)o1. The predicted molar refractivity (Wildman–Crippen MR) is 95.9 cm³/mol. The van der Waals surface area contributed by atoms with E-state index < -0.39 is 0 Å². The first kappa shape index (κ1) is 19.9. The smallest absolute Gasteiger partial charge is 0.277 e. The van der Waals surface area contributed by atoms with E-state index in [0.29, 0.717) is 12.1 Å². The van der Waals surface area contributed by atoms with E-state index in [1.807, 2.05) is 20.8 Å². The van der Waals surface area contributed by atoms with Gasteiger partial charge in [-0.3, -0.25) is 9.59 Å². The summed E-state index contributed by atoms with van der Waals surface area (Å²) in [7, 11) is 0. The third-order valence-electron chi connectivity index (χ3n) is 3.34. The van der Waals surface area contributed by atoms with Crippen molar-refractivity contribution < 1.29 is 18.4 Å². The lowest BCUT2D eigenvalue weighted by molar-refractivity contribution is -0.134. The molecule has 1 heterocycles. The van der Waals surface area contributed by atoms with Crippen molar-refractivity contribution in [2.75, 3.05) is 18.8 Å². The molecule has 1 aromatic heterocycles. The molecule has 0 unspecified atom stereocenters. The van der Waals surface area contributed by atoms with E-state index in [2.05, 4.69) is 15.5 Å². The summed E-state index contributed by atoms with van der Waals surface area (Å²) in [6.45, 7) is 5.97. The maximum atomic E-state index is 12.9. The second-order valence-corrected chi connectivity index (χ2v) is 6.73. The fourth-order valence-corrected chi connectivity index (χ4v) is 2.78. The zero-order valence-corrected chi connectivity index (χ0v) is 15.7. The summed E-state index contributed by atoms with van der Waals surface area (Å²) >= 11 is 1.09. The second kappa shape index (κ2) is 9.33. The average molecular weight is 380 g/mol. The molecule has 0 bridgehead atoms. The van der Waals surface area contributed by atoms with E-state index in [1.165, 1.54) is 29.2 Å². The van der Waals surface area contributed by atoms with Crippen LogP contribution >= 0.6 is 11.8 Å². The first-order chi connectivity index (χ1) is 12.4. The van der Waals surface area contributed by atoms with Gasteiger partial charge in [0, 0.05) is 18.2 Å². The maximum Gasteiger partial charge on any atom is 0.277 e. The molecule has 0 saturated carbocycles. The number of nitrogens with zero attached hydrogens (tertiary/aromatic N) is 3. The molecular weight excluding hydrogens is 359 g/mol. The summed E-state index contributed by atoms with van der Waals surface area (Å²) in [6.07, 6.45) is 0. The third-order valence-corrected chi connectivity index (χ3v) is 4.14. The normalized spacial score (nSPS) is 10.8. The molecule has 0 spiro atoms. The Bertz CT molecular complexity index is 749. The van der Waals surface area contributed by atoms with Crippen LogP contribution in [0.3, 0.4) is 0 Å². The van der Waals surface area contributed by atoms with Crippen molar-refractivity contribution in [1.29, 1.82) is 0 Å². The molecule has 0 aliphatic heterocycles. The molecule has 0 atom stereocenters. The van der Waals surface area contributed by atoms with Crippen molar-refractivity contribution in [1.82, 2.24) is 20.4 Å². The van der Waals surface area contributed by atoms with Gasteiger partial charge in [-0.15, -0.1) is 10.2 Å². The lowest BCUT2D eigenvalue weighted by Crippen LogP contribution is -2.43. The number of hydrogen-bond donors (Lipinski definition) is 1. The van der Waals surface area contributed by atoms with Crippen LogP contribution in [0.25, 0.3) is 11.5 Å². The van der Waals surface area contributed by atoms with Crippen LogP contribution in [-0.2, 0) is 9.59 Å². The van der Waals surface area contributed by atoms with Crippen molar-refractivity contribution >= 4 is 23.6 Å². The number of likely N-dealkylation sites (N-methyl/N-ethyl adjacent to an activating group) is 1. The Kier molecular flexibility index (Phi) is 7.14. The minimum Gasteiger partial charge on any atom is -0.411 e. The van der Waals surface area contributed by atoms with Crippen LogP contribution in [0.4, 0.5) is 4.39 Å². The van der Waals surface area contributed by atoms with Crippen molar-refractivity contribution in [3.05, 3.63) is 30.1 Å². The fraction of sp³-hybridized carbons (Fsp3) is 0.412. The number of hydrogen-bond acceptors (Lipinski definition) is 6. The minimum atomic E-state index is -0.352. The highest BCUT2D eigenvalue weighted by Gasteiger charge is 2.18. The van der Waals surface area contributed by atoms with Gasteiger partial charge in [0.1, 0.15) is 5.82 Å². The van der Waals surface area contributed by atoms with Gasteiger partial charge in [0.15, 0.2) is 0 Å². The number of thioether (sulfide) groups is 1. The largest absolute Gasteiger partial charge is 0.411 e. The van der Waals surface area contributed by atoms with E-state index in [4.69, 9.17) is 4.42 Å². The molecule has 0 aliphatic rings. The van der Waals surface area contributed by atoms with E-state index in [9.17, 15) is 14.0 Å².